The summed E-state index contributed by atoms with van der Waals surface area (Å²) in [5, 5.41) is 5.56. The SMILES string of the molecule is CCCC(Br)CNC(=O)c1csc(C)n1. The van der Waals surface area contributed by atoms with Gasteiger partial charge in [-0.2, -0.15) is 0 Å². The number of hydrogen-bond acceptors (Lipinski definition) is 3. The van der Waals surface area contributed by atoms with Crippen LogP contribution < -0.4 is 5.32 Å². The monoisotopic (exact) mass is 290 g/mol. The Morgan fingerprint density at radius 1 is 1.73 bits per heavy atom. The zero-order valence-corrected chi connectivity index (χ0v) is 11.3. The highest BCUT2D eigenvalue weighted by Gasteiger charge is 2.10. The molecule has 3 nitrogen and oxygen atoms in total. The molecule has 1 N–H and O–H groups in total. The smallest absolute Gasteiger partial charge is 0.270 e. The maximum absolute atomic E-state index is 11.6. The first-order chi connectivity index (χ1) is 7.13. The molecule has 5 heteroatoms. The van der Waals surface area contributed by atoms with Gasteiger partial charge in [-0.15, -0.1) is 11.3 Å². The van der Waals surface area contributed by atoms with Crippen molar-refractivity contribution in [3.05, 3.63) is 16.1 Å². The second-order valence-corrected chi connectivity index (χ2v) is 5.70. The van der Waals surface area contributed by atoms with Gasteiger partial charge in [-0.05, 0) is 13.3 Å². The van der Waals surface area contributed by atoms with Gasteiger partial charge in [-0.3, -0.25) is 4.79 Å². The van der Waals surface area contributed by atoms with Crippen LogP contribution in [-0.4, -0.2) is 22.3 Å². The summed E-state index contributed by atoms with van der Waals surface area (Å²) in [7, 11) is 0. The number of carbonyl (C=O) groups excluding carboxylic acids is 1. The van der Waals surface area contributed by atoms with Crippen LogP contribution in [0.25, 0.3) is 0 Å². The number of nitrogens with zero attached hydrogens (tertiary/aromatic N) is 1. The molecule has 1 aromatic heterocycles. The zero-order chi connectivity index (χ0) is 11.3. The first kappa shape index (κ1) is 12.6. The highest BCUT2D eigenvalue weighted by Crippen LogP contribution is 2.09. The fourth-order valence-corrected chi connectivity index (χ4v) is 2.39. The van der Waals surface area contributed by atoms with Crippen LogP contribution >= 0.6 is 27.3 Å². The average Bonchev–Trinajstić information content (AvgIpc) is 2.62. The second kappa shape index (κ2) is 6.23. The molecule has 1 heterocycles. The standard InChI is InChI=1S/C10H15BrN2OS/c1-3-4-8(11)5-12-10(14)9-6-15-7(2)13-9/h6,8H,3-5H2,1-2H3,(H,12,14). The molecule has 84 valence electrons. The summed E-state index contributed by atoms with van der Waals surface area (Å²) in [6, 6.07) is 0. The van der Waals surface area contributed by atoms with Crippen molar-refractivity contribution in [1.82, 2.24) is 10.3 Å². The molecule has 1 rings (SSSR count). The lowest BCUT2D eigenvalue weighted by atomic mass is 10.2. The third kappa shape index (κ3) is 4.30. The van der Waals surface area contributed by atoms with Gasteiger partial charge in [0.05, 0.1) is 5.01 Å². The van der Waals surface area contributed by atoms with Crippen LogP contribution in [0.1, 0.15) is 35.3 Å². The number of hydrogen-bond donors (Lipinski definition) is 1. The number of amides is 1. The molecule has 1 atom stereocenters. The van der Waals surface area contributed by atoms with Gasteiger partial charge in [0, 0.05) is 16.8 Å². The Bertz CT molecular complexity index is 327. The van der Waals surface area contributed by atoms with Crippen molar-refractivity contribution >= 4 is 33.2 Å². The van der Waals surface area contributed by atoms with Crippen LogP contribution in [0, 0.1) is 6.92 Å². The molecule has 0 aliphatic carbocycles. The lowest BCUT2D eigenvalue weighted by molar-refractivity contribution is 0.0949. The molecule has 0 aromatic carbocycles. The van der Waals surface area contributed by atoms with Gasteiger partial charge >= 0.3 is 0 Å². The molecule has 0 saturated carbocycles. The highest BCUT2D eigenvalue weighted by molar-refractivity contribution is 9.09. The first-order valence-corrected chi connectivity index (χ1v) is 6.77. The number of aryl methyl sites for hydroxylation is 1. The van der Waals surface area contributed by atoms with Crippen molar-refractivity contribution in [2.75, 3.05) is 6.54 Å². The number of rotatable bonds is 5. The molecule has 0 bridgehead atoms. The van der Waals surface area contributed by atoms with E-state index < -0.39 is 0 Å². The summed E-state index contributed by atoms with van der Waals surface area (Å²) in [6.07, 6.45) is 2.18. The largest absolute Gasteiger partial charge is 0.350 e. The number of nitrogens with one attached hydrogen (secondary N) is 1. The lowest BCUT2D eigenvalue weighted by Gasteiger charge is -2.08. The molecule has 0 fully saturated rings. The number of aromatic nitrogens is 1. The summed E-state index contributed by atoms with van der Waals surface area (Å²) in [4.78, 5) is 16.1. The molecular weight excluding hydrogens is 276 g/mol. The van der Waals surface area contributed by atoms with Crippen molar-refractivity contribution < 1.29 is 4.79 Å². The Morgan fingerprint density at radius 2 is 2.47 bits per heavy atom. The predicted molar refractivity (Wildman–Crippen MR) is 66.8 cm³/mol. The average molecular weight is 291 g/mol. The van der Waals surface area contributed by atoms with E-state index in [0.29, 0.717) is 17.1 Å². The fraction of sp³-hybridized carbons (Fsp3) is 0.600. The molecule has 1 aromatic rings. The zero-order valence-electron chi connectivity index (χ0n) is 8.92. The van der Waals surface area contributed by atoms with Gasteiger partial charge in [-0.1, -0.05) is 29.3 Å². The molecule has 15 heavy (non-hydrogen) atoms. The van der Waals surface area contributed by atoms with E-state index in [1.807, 2.05) is 6.92 Å². The van der Waals surface area contributed by atoms with E-state index in [-0.39, 0.29) is 5.91 Å². The van der Waals surface area contributed by atoms with Crippen LogP contribution in [0.5, 0.6) is 0 Å². The lowest BCUT2D eigenvalue weighted by Crippen LogP contribution is -2.29. The number of carbonyl (C=O) groups is 1. The van der Waals surface area contributed by atoms with Crippen molar-refractivity contribution in [2.24, 2.45) is 0 Å². The van der Waals surface area contributed by atoms with Crippen LogP contribution in [0.2, 0.25) is 0 Å². The van der Waals surface area contributed by atoms with Crippen molar-refractivity contribution in [1.29, 1.82) is 0 Å². The summed E-state index contributed by atoms with van der Waals surface area (Å²) < 4.78 is 0. The summed E-state index contributed by atoms with van der Waals surface area (Å²) in [5.41, 5.74) is 0.522. The molecule has 0 saturated heterocycles. The quantitative estimate of drug-likeness (QED) is 0.848. The van der Waals surface area contributed by atoms with E-state index >= 15 is 0 Å². The van der Waals surface area contributed by atoms with Crippen molar-refractivity contribution in [3.63, 3.8) is 0 Å². The third-order valence-electron chi connectivity index (χ3n) is 1.94. The predicted octanol–water partition coefficient (Wildman–Crippen LogP) is 2.74. The Balaban J connectivity index is 2.36. The number of alkyl halides is 1. The summed E-state index contributed by atoms with van der Waals surface area (Å²) in [5.74, 6) is -0.0834. The van der Waals surface area contributed by atoms with E-state index in [1.165, 1.54) is 11.3 Å². The van der Waals surface area contributed by atoms with Crippen LogP contribution in [0.15, 0.2) is 5.38 Å². The van der Waals surface area contributed by atoms with Crippen LogP contribution in [-0.2, 0) is 0 Å². The van der Waals surface area contributed by atoms with Gasteiger partial charge in [0.15, 0.2) is 0 Å². The first-order valence-electron chi connectivity index (χ1n) is 4.98. The van der Waals surface area contributed by atoms with E-state index in [2.05, 4.69) is 33.2 Å². The molecular formula is C10H15BrN2OS. The minimum Gasteiger partial charge on any atom is -0.350 e. The van der Waals surface area contributed by atoms with Crippen molar-refractivity contribution in [3.8, 4) is 0 Å². The van der Waals surface area contributed by atoms with Crippen LogP contribution in [0.3, 0.4) is 0 Å². The van der Waals surface area contributed by atoms with Gasteiger partial charge in [-0.25, -0.2) is 4.98 Å². The second-order valence-electron chi connectivity index (χ2n) is 3.35. The molecule has 0 radical (unpaired) electrons. The van der Waals surface area contributed by atoms with E-state index in [1.54, 1.807) is 5.38 Å². The molecule has 0 aliphatic heterocycles. The Morgan fingerprint density at radius 3 is 3.00 bits per heavy atom. The topological polar surface area (TPSA) is 42.0 Å². The summed E-state index contributed by atoms with van der Waals surface area (Å²) in [6.45, 7) is 4.68. The fourth-order valence-electron chi connectivity index (χ4n) is 1.18. The maximum atomic E-state index is 11.6. The number of thiazole rings is 1. The minimum atomic E-state index is -0.0834. The van der Waals surface area contributed by atoms with E-state index in [9.17, 15) is 4.79 Å². The van der Waals surface area contributed by atoms with Gasteiger partial charge in [0.25, 0.3) is 5.91 Å². The normalized spacial score (nSPS) is 12.5. The van der Waals surface area contributed by atoms with E-state index in [0.717, 1.165) is 17.8 Å². The molecule has 0 aliphatic rings. The Labute approximate surface area is 102 Å². The molecule has 1 unspecified atom stereocenters. The third-order valence-corrected chi connectivity index (χ3v) is 3.49. The molecule has 0 spiro atoms. The van der Waals surface area contributed by atoms with Gasteiger partial charge < -0.3 is 5.32 Å². The van der Waals surface area contributed by atoms with E-state index in [4.69, 9.17) is 0 Å². The number of halogens is 1. The van der Waals surface area contributed by atoms with Crippen molar-refractivity contribution in [2.45, 2.75) is 31.5 Å². The molecule has 1 amide bonds. The van der Waals surface area contributed by atoms with Crippen LogP contribution in [0.4, 0.5) is 0 Å². The highest BCUT2D eigenvalue weighted by atomic mass is 79.9. The van der Waals surface area contributed by atoms with Gasteiger partial charge in [0.2, 0.25) is 0 Å². The summed E-state index contributed by atoms with van der Waals surface area (Å²) >= 11 is 5.01. The maximum Gasteiger partial charge on any atom is 0.270 e. The Hall–Kier alpha value is -0.420. The minimum absolute atomic E-state index is 0.0834. The Kier molecular flexibility index (Phi) is 5.25. The van der Waals surface area contributed by atoms with Gasteiger partial charge in [0.1, 0.15) is 5.69 Å².